The van der Waals surface area contributed by atoms with Crippen molar-refractivity contribution in [3.8, 4) is 0 Å². The minimum Gasteiger partial charge on any atom is -0.456 e. The van der Waals surface area contributed by atoms with Crippen molar-refractivity contribution in [1.29, 1.82) is 0 Å². The average Bonchev–Trinajstić information content (AvgIpc) is 3.36. The van der Waals surface area contributed by atoms with Crippen LogP contribution in [0.2, 0.25) is 5.02 Å². The number of carbonyl (C=O) groups is 4. The molecule has 4 atom stereocenters. The van der Waals surface area contributed by atoms with E-state index in [2.05, 4.69) is 0 Å². The van der Waals surface area contributed by atoms with Crippen LogP contribution in [0.15, 0.2) is 30.4 Å². The second-order valence-electron chi connectivity index (χ2n) is 7.27. The molecule has 3 aliphatic rings. The van der Waals surface area contributed by atoms with Crippen molar-refractivity contribution in [2.45, 2.75) is 6.42 Å². The van der Waals surface area contributed by atoms with Gasteiger partial charge in [-0.05, 0) is 30.4 Å². The zero-order valence-electron chi connectivity index (χ0n) is 14.9. The van der Waals surface area contributed by atoms with Gasteiger partial charge in [-0.2, -0.15) is 0 Å². The number of carbonyl (C=O) groups excluding carboxylic acids is 4. The number of benzene rings is 1. The number of nitro benzene ring substituents is 1. The fourth-order valence-electron chi connectivity index (χ4n) is 4.35. The maximum Gasteiger partial charge on any atom is 0.326 e. The lowest BCUT2D eigenvalue weighted by molar-refractivity contribution is -0.384. The number of fused-ring (bicyclic) bond motifs is 5. The lowest BCUT2D eigenvalue weighted by atomic mass is 9.85. The van der Waals surface area contributed by atoms with Crippen molar-refractivity contribution in [2.24, 2.45) is 23.7 Å². The molecule has 29 heavy (non-hydrogen) atoms. The van der Waals surface area contributed by atoms with Crippen LogP contribution in [0.5, 0.6) is 0 Å². The first-order chi connectivity index (χ1) is 13.8. The van der Waals surface area contributed by atoms with Gasteiger partial charge in [0.15, 0.2) is 6.61 Å². The highest BCUT2D eigenvalue weighted by molar-refractivity contribution is 6.32. The molecule has 10 heteroatoms. The summed E-state index contributed by atoms with van der Waals surface area (Å²) in [5, 5.41) is 10.8. The molecule has 1 aromatic carbocycles. The van der Waals surface area contributed by atoms with Gasteiger partial charge in [0.1, 0.15) is 11.6 Å². The third kappa shape index (κ3) is 3.21. The van der Waals surface area contributed by atoms with E-state index in [9.17, 15) is 29.3 Å². The SMILES string of the molecule is O=C(CN1C(=O)[C@@H]2[C@@H](C1=O)[C@H]1C=C[C@@H]2C1)OCC(=O)c1ccc(Cl)c([N+](=O)[O-])c1. The lowest BCUT2D eigenvalue weighted by Crippen LogP contribution is -2.38. The molecular weight excluding hydrogens is 404 g/mol. The van der Waals surface area contributed by atoms with Gasteiger partial charge in [-0.1, -0.05) is 23.8 Å². The largest absolute Gasteiger partial charge is 0.456 e. The molecule has 1 saturated carbocycles. The predicted molar refractivity (Wildman–Crippen MR) is 97.8 cm³/mol. The first-order valence-electron chi connectivity index (χ1n) is 8.94. The molecule has 1 saturated heterocycles. The van der Waals surface area contributed by atoms with E-state index in [0.29, 0.717) is 0 Å². The van der Waals surface area contributed by atoms with Crippen molar-refractivity contribution in [3.05, 3.63) is 51.1 Å². The Kier molecular flexibility index (Phi) is 4.70. The van der Waals surface area contributed by atoms with E-state index < -0.39 is 47.4 Å². The number of esters is 1. The molecule has 2 fully saturated rings. The Bertz CT molecular complexity index is 959. The summed E-state index contributed by atoms with van der Waals surface area (Å²) in [5.41, 5.74) is -0.480. The van der Waals surface area contributed by atoms with Crippen LogP contribution < -0.4 is 0 Å². The summed E-state index contributed by atoms with van der Waals surface area (Å²) in [4.78, 5) is 60.4. The maximum absolute atomic E-state index is 12.5. The zero-order chi connectivity index (χ0) is 20.9. The van der Waals surface area contributed by atoms with Crippen molar-refractivity contribution >= 4 is 40.9 Å². The van der Waals surface area contributed by atoms with Gasteiger partial charge in [-0.15, -0.1) is 0 Å². The Labute approximate surface area is 169 Å². The fourth-order valence-corrected chi connectivity index (χ4v) is 4.54. The Morgan fingerprint density at radius 2 is 1.79 bits per heavy atom. The third-order valence-electron chi connectivity index (χ3n) is 5.68. The van der Waals surface area contributed by atoms with Gasteiger partial charge < -0.3 is 4.74 Å². The van der Waals surface area contributed by atoms with Crippen LogP contribution in [0.3, 0.4) is 0 Å². The molecule has 0 N–H and O–H groups in total. The normalized spacial score (nSPS) is 26.7. The van der Waals surface area contributed by atoms with Gasteiger partial charge in [0, 0.05) is 11.6 Å². The quantitative estimate of drug-likeness (QED) is 0.172. The van der Waals surface area contributed by atoms with Gasteiger partial charge in [-0.25, -0.2) is 0 Å². The average molecular weight is 419 g/mol. The van der Waals surface area contributed by atoms with Crippen LogP contribution in [0.1, 0.15) is 16.8 Å². The number of nitro groups is 1. The van der Waals surface area contributed by atoms with Crippen LogP contribution in [-0.4, -0.2) is 46.5 Å². The summed E-state index contributed by atoms with van der Waals surface area (Å²) in [6.45, 7) is -1.23. The summed E-state index contributed by atoms with van der Waals surface area (Å²) in [6.07, 6.45) is 4.68. The van der Waals surface area contributed by atoms with E-state index in [-0.39, 0.29) is 34.2 Å². The molecule has 0 aromatic heterocycles. The van der Waals surface area contributed by atoms with Gasteiger partial charge in [0.05, 0.1) is 16.8 Å². The van der Waals surface area contributed by atoms with Crippen LogP contribution >= 0.6 is 11.6 Å². The van der Waals surface area contributed by atoms with Crippen molar-refractivity contribution in [1.82, 2.24) is 4.90 Å². The number of nitrogens with zero attached hydrogens (tertiary/aromatic N) is 2. The number of halogens is 1. The molecule has 150 valence electrons. The molecule has 4 rings (SSSR count). The highest BCUT2D eigenvalue weighted by atomic mass is 35.5. The first-order valence-corrected chi connectivity index (χ1v) is 9.32. The van der Waals surface area contributed by atoms with Crippen molar-refractivity contribution < 1.29 is 28.8 Å². The number of ketones is 1. The number of allylic oxidation sites excluding steroid dienone is 2. The second kappa shape index (κ2) is 7.07. The van der Waals surface area contributed by atoms with E-state index >= 15 is 0 Å². The van der Waals surface area contributed by atoms with Crippen molar-refractivity contribution in [3.63, 3.8) is 0 Å². The highest BCUT2D eigenvalue weighted by Gasteiger charge is 2.59. The number of Topliss-reactive ketones (excluding diaryl/α,β-unsaturated/α-hetero) is 1. The summed E-state index contributed by atoms with van der Waals surface area (Å²) in [5.74, 6) is -3.10. The third-order valence-corrected chi connectivity index (χ3v) is 6.00. The maximum atomic E-state index is 12.5. The zero-order valence-corrected chi connectivity index (χ0v) is 15.7. The number of likely N-dealkylation sites (tertiary alicyclic amines) is 1. The first kappa shape index (κ1) is 19.3. The summed E-state index contributed by atoms with van der Waals surface area (Å²) in [7, 11) is 0. The van der Waals surface area contributed by atoms with E-state index in [1.54, 1.807) is 0 Å². The number of hydrogen-bond acceptors (Lipinski definition) is 7. The van der Waals surface area contributed by atoms with Crippen LogP contribution in [-0.2, 0) is 19.1 Å². The van der Waals surface area contributed by atoms with Crippen LogP contribution in [0.25, 0.3) is 0 Å². The van der Waals surface area contributed by atoms with E-state index in [1.807, 2.05) is 12.2 Å². The van der Waals surface area contributed by atoms with Crippen molar-refractivity contribution in [2.75, 3.05) is 13.2 Å². The lowest BCUT2D eigenvalue weighted by Gasteiger charge is -2.16. The van der Waals surface area contributed by atoms with Crippen LogP contribution in [0.4, 0.5) is 5.69 Å². The topological polar surface area (TPSA) is 124 Å². The summed E-state index contributed by atoms with van der Waals surface area (Å²) in [6, 6.07) is 3.48. The second-order valence-corrected chi connectivity index (χ2v) is 7.68. The van der Waals surface area contributed by atoms with Gasteiger partial charge in [0.25, 0.3) is 5.69 Å². The standard InChI is InChI=1S/C19H15ClN2O7/c20-12-4-3-9(6-13(12)22(27)28)14(23)8-29-15(24)7-21-18(25)16-10-1-2-11(5-10)17(16)19(21)26/h1-4,6,10-11,16-17H,5,7-8H2/t10-,11+,16-,17-/m0/s1. The van der Waals surface area contributed by atoms with Crippen LogP contribution in [0, 0.1) is 33.8 Å². The molecule has 1 aromatic rings. The Balaban J connectivity index is 1.36. The number of imide groups is 1. The Morgan fingerprint density at radius 1 is 1.17 bits per heavy atom. The monoisotopic (exact) mass is 418 g/mol. The fraction of sp³-hybridized carbons (Fsp3) is 0.368. The van der Waals surface area contributed by atoms with E-state index in [0.717, 1.165) is 17.4 Å². The minimum atomic E-state index is -0.899. The Morgan fingerprint density at radius 3 is 2.38 bits per heavy atom. The molecule has 2 amide bonds. The Hall–Kier alpha value is -3.07. The summed E-state index contributed by atoms with van der Waals surface area (Å²) < 4.78 is 4.89. The molecule has 2 bridgehead atoms. The number of hydrogen-bond donors (Lipinski definition) is 0. The molecule has 0 spiro atoms. The smallest absolute Gasteiger partial charge is 0.326 e. The predicted octanol–water partition coefficient (Wildman–Crippen LogP) is 1.78. The molecule has 2 aliphatic carbocycles. The number of ether oxygens (including phenoxy) is 1. The van der Waals surface area contributed by atoms with E-state index in [4.69, 9.17) is 16.3 Å². The summed E-state index contributed by atoms with van der Waals surface area (Å²) >= 11 is 5.70. The van der Waals surface area contributed by atoms with E-state index in [1.165, 1.54) is 12.1 Å². The van der Waals surface area contributed by atoms with Gasteiger partial charge >= 0.3 is 5.97 Å². The number of amides is 2. The highest BCUT2D eigenvalue weighted by Crippen LogP contribution is 2.52. The molecular formula is C19H15ClN2O7. The minimum absolute atomic E-state index is 0.0322. The molecule has 0 unspecified atom stereocenters. The van der Waals surface area contributed by atoms with Gasteiger partial charge in [0.2, 0.25) is 17.6 Å². The number of rotatable bonds is 6. The molecule has 0 radical (unpaired) electrons. The molecule has 9 nitrogen and oxygen atoms in total. The molecule has 1 aliphatic heterocycles. The molecule has 1 heterocycles. The van der Waals surface area contributed by atoms with Gasteiger partial charge in [-0.3, -0.25) is 34.2 Å².